The molecule has 0 aliphatic rings. The van der Waals surface area contributed by atoms with E-state index in [1.54, 1.807) is 24.3 Å². The first-order valence-corrected chi connectivity index (χ1v) is 5.65. The monoisotopic (exact) mass is 254 g/mol. The van der Waals surface area contributed by atoms with Gasteiger partial charge in [-0.15, -0.1) is 0 Å². The van der Waals surface area contributed by atoms with Crippen molar-refractivity contribution in [3.8, 4) is 23.0 Å². The molecular formula is C14H10N2O3. The number of aromatic nitrogens is 2. The molecule has 0 saturated carbocycles. The number of phenols is 1. The summed E-state index contributed by atoms with van der Waals surface area (Å²) in [6.45, 7) is 0. The molecule has 0 bridgehead atoms. The number of rotatable bonds is 1. The molecule has 5 heteroatoms. The molecule has 1 aromatic heterocycles. The molecule has 19 heavy (non-hydrogen) atoms. The molecule has 3 aromatic rings. The quantitative estimate of drug-likeness (QED) is 0.620. The lowest BCUT2D eigenvalue weighted by molar-refractivity contribution is 0.452. The van der Waals surface area contributed by atoms with Crippen molar-refractivity contribution >= 4 is 10.8 Å². The van der Waals surface area contributed by atoms with Crippen molar-refractivity contribution < 1.29 is 10.2 Å². The minimum atomic E-state index is -0.409. The minimum absolute atomic E-state index is 0.198. The van der Waals surface area contributed by atoms with Crippen LogP contribution in [0.5, 0.6) is 11.6 Å². The van der Waals surface area contributed by atoms with Crippen LogP contribution in [0.1, 0.15) is 0 Å². The van der Waals surface area contributed by atoms with Crippen LogP contribution in [0.4, 0.5) is 0 Å². The van der Waals surface area contributed by atoms with E-state index in [-0.39, 0.29) is 11.6 Å². The third kappa shape index (κ3) is 2.13. The van der Waals surface area contributed by atoms with Gasteiger partial charge in [0.2, 0.25) is 5.88 Å². The van der Waals surface area contributed by atoms with Gasteiger partial charge in [-0.3, -0.25) is 4.79 Å². The van der Waals surface area contributed by atoms with Crippen molar-refractivity contribution in [2.24, 2.45) is 0 Å². The van der Waals surface area contributed by atoms with Gasteiger partial charge in [0.15, 0.2) is 0 Å². The summed E-state index contributed by atoms with van der Waals surface area (Å²) in [6.07, 6.45) is 0. The maximum atomic E-state index is 11.3. The predicted molar refractivity (Wildman–Crippen MR) is 71.1 cm³/mol. The molecule has 0 amide bonds. The Labute approximate surface area is 107 Å². The number of nitrogens with zero attached hydrogens (tertiary/aromatic N) is 1. The molecular weight excluding hydrogens is 244 g/mol. The second-order valence-corrected chi connectivity index (χ2v) is 4.20. The fraction of sp³-hybridized carbons (Fsp3) is 0. The molecule has 0 aliphatic carbocycles. The zero-order valence-electron chi connectivity index (χ0n) is 9.79. The highest BCUT2D eigenvalue weighted by Crippen LogP contribution is 2.24. The first-order chi connectivity index (χ1) is 9.11. The summed E-state index contributed by atoms with van der Waals surface area (Å²) in [5.41, 5.74) is 0.277. The van der Waals surface area contributed by atoms with E-state index in [9.17, 15) is 15.0 Å². The second-order valence-electron chi connectivity index (χ2n) is 4.20. The molecule has 0 spiro atoms. The molecule has 0 radical (unpaired) electrons. The van der Waals surface area contributed by atoms with Crippen molar-refractivity contribution in [1.82, 2.24) is 9.97 Å². The number of H-pyrrole nitrogens is 1. The van der Waals surface area contributed by atoms with Crippen LogP contribution in [0.2, 0.25) is 0 Å². The zero-order chi connectivity index (χ0) is 13.4. The van der Waals surface area contributed by atoms with Crippen molar-refractivity contribution in [2.75, 3.05) is 0 Å². The van der Waals surface area contributed by atoms with Crippen LogP contribution in [0, 0.1) is 0 Å². The molecule has 0 fully saturated rings. The Morgan fingerprint density at radius 1 is 0.947 bits per heavy atom. The van der Waals surface area contributed by atoms with Gasteiger partial charge in [0, 0.05) is 5.56 Å². The Kier molecular flexibility index (Phi) is 2.45. The predicted octanol–water partition coefficient (Wildman–Crippen LogP) is 2.00. The highest BCUT2D eigenvalue weighted by Gasteiger charge is 2.04. The lowest BCUT2D eigenvalue weighted by Gasteiger charge is -2.04. The smallest absolute Gasteiger partial charge is 0.254 e. The van der Waals surface area contributed by atoms with Gasteiger partial charge in [-0.2, -0.15) is 4.98 Å². The van der Waals surface area contributed by atoms with E-state index in [1.807, 2.05) is 12.1 Å². The van der Waals surface area contributed by atoms with E-state index in [2.05, 4.69) is 9.97 Å². The number of fused-ring (bicyclic) bond motifs is 1. The third-order valence-electron chi connectivity index (χ3n) is 2.83. The number of hydrogen-bond donors (Lipinski definition) is 3. The van der Waals surface area contributed by atoms with Crippen molar-refractivity contribution in [1.29, 1.82) is 0 Å². The first kappa shape index (κ1) is 11.3. The van der Waals surface area contributed by atoms with Crippen LogP contribution >= 0.6 is 0 Å². The Bertz CT molecular complexity index is 824. The molecule has 0 atom stereocenters. The number of hydrogen-bond acceptors (Lipinski definition) is 4. The largest absolute Gasteiger partial charge is 0.508 e. The summed E-state index contributed by atoms with van der Waals surface area (Å²) in [6, 6.07) is 11.4. The summed E-state index contributed by atoms with van der Waals surface area (Å²) in [5.74, 6) is 0.189. The fourth-order valence-corrected chi connectivity index (χ4v) is 1.96. The molecule has 3 N–H and O–H groups in total. The van der Waals surface area contributed by atoms with Gasteiger partial charge in [0.1, 0.15) is 11.6 Å². The lowest BCUT2D eigenvalue weighted by atomic mass is 10.1. The Balaban J connectivity index is 2.20. The summed E-state index contributed by atoms with van der Waals surface area (Å²) in [4.78, 5) is 17.7. The Morgan fingerprint density at radius 2 is 1.68 bits per heavy atom. The maximum Gasteiger partial charge on any atom is 0.254 e. The van der Waals surface area contributed by atoms with Crippen LogP contribution in [0.15, 0.2) is 47.3 Å². The highest BCUT2D eigenvalue weighted by atomic mass is 16.3. The summed E-state index contributed by atoms with van der Waals surface area (Å²) >= 11 is 0. The van der Waals surface area contributed by atoms with Gasteiger partial charge in [0.05, 0.1) is 6.07 Å². The van der Waals surface area contributed by atoms with Gasteiger partial charge in [-0.25, -0.2) is 0 Å². The lowest BCUT2D eigenvalue weighted by Crippen LogP contribution is -2.06. The normalized spacial score (nSPS) is 10.7. The standard InChI is InChI=1S/C14H10N2O3/c17-11-4-3-8-5-10(2-1-9(8)6-11)14-15-12(18)7-13(19)16-14/h1-7,17H,(H2,15,16,18,19). The molecule has 1 heterocycles. The SMILES string of the molecule is O=c1cc(O)nc(-c2ccc3cc(O)ccc3c2)[nH]1. The van der Waals surface area contributed by atoms with Crippen molar-refractivity contribution in [3.05, 3.63) is 52.8 Å². The zero-order valence-corrected chi connectivity index (χ0v) is 9.79. The molecule has 0 saturated heterocycles. The van der Waals surface area contributed by atoms with E-state index >= 15 is 0 Å². The molecule has 0 aliphatic heterocycles. The van der Waals surface area contributed by atoms with Crippen LogP contribution in [-0.2, 0) is 0 Å². The van der Waals surface area contributed by atoms with Crippen LogP contribution in [0.3, 0.4) is 0 Å². The number of aromatic amines is 1. The maximum absolute atomic E-state index is 11.3. The topological polar surface area (TPSA) is 86.2 Å². The fourth-order valence-electron chi connectivity index (χ4n) is 1.96. The highest BCUT2D eigenvalue weighted by molar-refractivity contribution is 5.87. The summed E-state index contributed by atoms with van der Waals surface area (Å²) in [7, 11) is 0. The third-order valence-corrected chi connectivity index (χ3v) is 2.83. The average Bonchev–Trinajstić information content (AvgIpc) is 2.37. The van der Waals surface area contributed by atoms with E-state index in [1.165, 1.54) is 0 Å². The molecule has 3 rings (SSSR count). The molecule has 5 nitrogen and oxygen atoms in total. The molecule has 94 valence electrons. The van der Waals surface area contributed by atoms with Crippen molar-refractivity contribution in [2.45, 2.75) is 0 Å². The van der Waals surface area contributed by atoms with Gasteiger partial charge >= 0.3 is 0 Å². The van der Waals surface area contributed by atoms with E-state index in [0.29, 0.717) is 11.4 Å². The number of phenolic OH excluding ortho intramolecular Hbond substituents is 1. The van der Waals surface area contributed by atoms with Crippen LogP contribution in [0.25, 0.3) is 22.2 Å². The van der Waals surface area contributed by atoms with Gasteiger partial charge in [-0.1, -0.05) is 18.2 Å². The van der Waals surface area contributed by atoms with E-state index < -0.39 is 5.56 Å². The molecule has 0 unspecified atom stereocenters. The van der Waals surface area contributed by atoms with Gasteiger partial charge < -0.3 is 15.2 Å². The number of aromatic hydroxyl groups is 2. The Hall–Kier alpha value is -2.82. The van der Waals surface area contributed by atoms with Crippen LogP contribution < -0.4 is 5.56 Å². The number of benzene rings is 2. The minimum Gasteiger partial charge on any atom is -0.508 e. The second kappa shape index (κ2) is 4.13. The summed E-state index contributed by atoms with van der Waals surface area (Å²) in [5, 5.41) is 20.5. The molecule has 2 aromatic carbocycles. The van der Waals surface area contributed by atoms with E-state index in [0.717, 1.165) is 16.8 Å². The van der Waals surface area contributed by atoms with Gasteiger partial charge in [0.25, 0.3) is 5.56 Å². The van der Waals surface area contributed by atoms with Crippen molar-refractivity contribution in [3.63, 3.8) is 0 Å². The summed E-state index contributed by atoms with van der Waals surface area (Å²) < 4.78 is 0. The van der Waals surface area contributed by atoms with Gasteiger partial charge in [-0.05, 0) is 29.0 Å². The van der Waals surface area contributed by atoms with Crippen LogP contribution in [-0.4, -0.2) is 20.2 Å². The Morgan fingerprint density at radius 3 is 2.47 bits per heavy atom. The average molecular weight is 254 g/mol. The number of nitrogens with one attached hydrogen (secondary N) is 1. The first-order valence-electron chi connectivity index (χ1n) is 5.65. The van der Waals surface area contributed by atoms with E-state index in [4.69, 9.17) is 0 Å².